The Morgan fingerprint density at radius 1 is 1.42 bits per heavy atom. The van der Waals surface area contributed by atoms with Crippen LogP contribution in [0.2, 0.25) is 5.02 Å². The van der Waals surface area contributed by atoms with Crippen LogP contribution in [0.1, 0.15) is 0 Å². The summed E-state index contributed by atoms with van der Waals surface area (Å²) in [5, 5.41) is 0.596. The molecule has 2 nitrogen and oxygen atoms in total. The molecule has 0 fully saturated rings. The van der Waals surface area contributed by atoms with E-state index in [-0.39, 0.29) is 0 Å². The predicted octanol–water partition coefficient (Wildman–Crippen LogP) is 2.80. The molecule has 0 amide bonds. The van der Waals surface area contributed by atoms with E-state index in [9.17, 15) is 0 Å². The Morgan fingerprint density at radius 3 is 2.92 bits per heavy atom. The molecule has 0 spiro atoms. The van der Waals surface area contributed by atoms with Crippen LogP contribution in [0.15, 0.2) is 35.2 Å². The van der Waals surface area contributed by atoms with Crippen molar-refractivity contribution in [1.82, 2.24) is 4.98 Å². The number of rotatable bonds is 1. The van der Waals surface area contributed by atoms with Crippen molar-refractivity contribution in [2.24, 2.45) is 0 Å². The highest BCUT2D eigenvalue weighted by Crippen LogP contribution is 2.19. The third kappa shape index (κ3) is 1.34. The van der Waals surface area contributed by atoms with Crippen LogP contribution in [-0.2, 0) is 0 Å². The zero-order valence-electron chi connectivity index (χ0n) is 6.12. The Hall–Kier alpha value is -1.28. The second-order valence-corrected chi connectivity index (χ2v) is 2.70. The van der Waals surface area contributed by atoms with Gasteiger partial charge in [0, 0.05) is 16.7 Å². The molecule has 0 aliphatic rings. The Bertz CT molecular complexity index is 353. The summed E-state index contributed by atoms with van der Waals surface area (Å²) in [6.07, 6.45) is 3.04. The standard InChI is InChI=1S/C9H5ClNO/c10-8-3-1-7(2-4-8)9-5-11-6-12-9/h1-3,5-6H. The zero-order valence-corrected chi connectivity index (χ0v) is 6.88. The molecule has 1 heterocycles. The summed E-state index contributed by atoms with van der Waals surface area (Å²) in [4.78, 5) is 3.81. The molecule has 1 radical (unpaired) electrons. The minimum atomic E-state index is 0.596. The Morgan fingerprint density at radius 2 is 2.33 bits per heavy atom. The third-order valence-corrected chi connectivity index (χ3v) is 1.73. The van der Waals surface area contributed by atoms with Gasteiger partial charge in [-0.05, 0) is 18.2 Å². The second-order valence-electron chi connectivity index (χ2n) is 2.29. The highest BCUT2D eigenvalue weighted by Gasteiger charge is 1.99. The summed E-state index contributed by atoms with van der Waals surface area (Å²) in [7, 11) is 0. The van der Waals surface area contributed by atoms with E-state index in [0.717, 1.165) is 11.3 Å². The van der Waals surface area contributed by atoms with E-state index in [1.165, 1.54) is 6.39 Å². The van der Waals surface area contributed by atoms with E-state index in [0.29, 0.717) is 5.02 Å². The minimum Gasteiger partial charge on any atom is -0.444 e. The van der Waals surface area contributed by atoms with Gasteiger partial charge >= 0.3 is 0 Å². The van der Waals surface area contributed by atoms with Crippen LogP contribution in [0, 0.1) is 6.07 Å². The van der Waals surface area contributed by atoms with Gasteiger partial charge in [0.05, 0.1) is 6.20 Å². The fourth-order valence-corrected chi connectivity index (χ4v) is 1.04. The van der Waals surface area contributed by atoms with Crippen LogP contribution in [-0.4, -0.2) is 4.98 Å². The third-order valence-electron chi connectivity index (χ3n) is 1.49. The first-order chi connectivity index (χ1) is 5.86. The first-order valence-electron chi connectivity index (χ1n) is 3.42. The molecule has 3 heteroatoms. The smallest absolute Gasteiger partial charge is 0.181 e. The number of hydrogen-bond donors (Lipinski definition) is 0. The zero-order chi connectivity index (χ0) is 8.39. The van der Waals surface area contributed by atoms with Crippen molar-refractivity contribution in [1.29, 1.82) is 0 Å². The maximum absolute atomic E-state index is 5.67. The van der Waals surface area contributed by atoms with E-state index in [1.807, 2.05) is 6.07 Å². The molecular weight excluding hydrogens is 174 g/mol. The Kier molecular flexibility index (Phi) is 1.84. The summed E-state index contributed by atoms with van der Waals surface area (Å²) in [6.45, 7) is 0. The average Bonchev–Trinajstić information content (AvgIpc) is 2.58. The van der Waals surface area contributed by atoms with Gasteiger partial charge in [0.15, 0.2) is 12.2 Å². The molecule has 59 valence electrons. The Labute approximate surface area is 74.8 Å². The molecule has 0 N–H and O–H groups in total. The van der Waals surface area contributed by atoms with Crippen molar-refractivity contribution in [2.45, 2.75) is 0 Å². The average molecular weight is 179 g/mol. The van der Waals surface area contributed by atoms with Gasteiger partial charge in [-0.25, -0.2) is 4.98 Å². The van der Waals surface area contributed by atoms with Crippen molar-refractivity contribution in [3.63, 3.8) is 0 Å². The number of nitrogens with zero attached hydrogens (tertiary/aromatic N) is 1. The lowest BCUT2D eigenvalue weighted by molar-refractivity contribution is 0.572. The van der Waals surface area contributed by atoms with Crippen molar-refractivity contribution in [2.75, 3.05) is 0 Å². The van der Waals surface area contributed by atoms with Crippen LogP contribution in [0.25, 0.3) is 11.3 Å². The van der Waals surface area contributed by atoms with E-state index in [4.69, 9.17) is 16.0 Å². The first kappa shape index (κ1) is 7.37. The molecule has 2 aromatic rings. The summed E-state index contributed by atoms with van der Waals surface area (Å²) in [5.74, 6) is 0.725. The van der Waals surface area contributed by atoms with Gasteiger partial charge < -0.3 is 4.42 Å². The molecular formula is C9H5ClNO. The number of oxazole rings is 1. The second kappa shape index (κ2) is 2.99. The maximum Gasteiger partial charge on any atom is 0.181 e. The number of benzene rings is 1. The molecule has 1 aromatic heterocycles. The van der Waals surface area contributed by atoms with Gasteiger partial charge in [-0.3, -0.25) is 0 Å². The lowest BCUT2D eigenvalue weighted by Crippen LogP contribution is -1.72. The van der Waals surface area contributed by atoms with Crippen molar-refractivity contribution < 1.29 is 4.42 Å². The quantitative estimate of drug-likeness (QED) is 0.671. The van der Waals surface area contributed by atoms with E-state index < -0.39 is 0 Å². The molecule has 2 rings (SSSR count). The Balaban J connectivity index is 2.43. The molecule has 0 bridgehead atoms. The topological polar surface area (TPSA) is 26.0 Å². The highest BCUT2D eigenvalue weighted by atomic mass is 35.5. The molecule has 0 saturated heterocycles. The van der Waals surface area contributed by atoms with Gasteiger partial charge in [-0.1, -0.05) is 11.6 Å². The van der Waals surface area contributed by atoms with Crippen LogP contribution in [0.4, 0.5) is 0 Å². The van der Waals surface area contributed by atoms with Gasteiger partial charge in [0.2, 0.25) is 0 Å². The first-order valence-corrected chi connectivity index (χ1v) is 3.80. The fourth-order valence-electron chi connectivity index (χ4n) is 0.917. The van der Waals surface area contributed by atoms with Gasteiger partial charge in [0.1, 0.15) is 0 Å². The van der Waals surface area contributed by atoms with Crippen molar-refractivity contribution in [3.05, 3.63) is 41.9 Å². The van der Waals surface area contributed by atoms with Crippen molar-refractivity contribution >= 4 is 11.6 Å². The van der Waals surface area contributed by atoms with Crippen LogP contribution >= 0.6 is 11.6 Å². The van der Waals surface area contributed by atoms with Crippen molar-refractivity contribution in [3.8, 4) is 11.3 Å². The largest absolute Gasteiger partial charge is 0.444 e. The monoisotopic (exact) mass is 178 g/mol. The molecule has 0 aliphatic heterocycles. The number of hydrogen-bond acceptors (Lipinski definition) is 2. The molecule has 0 atom stereocenters. The lowest BCUT2D eigenvalue weighted by atomic mass is 10.2. The summed E-state index contributed by atoms with van der Waals surface area (Å²) in [5.41, 5.74) is 0.928. The summed E-state index contributed by atoms with van der Waals surface area (Å²) < 4.78 is 5.09. The molecule has 12 heavy (non-hydrogen) atoms. The lowest BCUT2D eigenvalue weighted by Gasteiger charge is -1.93. The highest BCUT2D eigenvalue weighted by molar-refractivity contribution is 6.30. The van der Waals surface area contributed by atoms with Gasteiger partial charge in [0.25, 0.3) is 0 Å². The molecule has 0 saturated carbocycles. The molecule has 0 unspecified atom stereocenters. The van der Waals surface area contributed by atoms with E-state index >= 15 is 0 Å². The number of halogens is 1. The number of aromatic nitrogens is 1. The van der Waals surface area contributed by atoms with E-state index in [1.54, 1.807) is 18.3 Å². The minimum absolute atomic E-state index is 0.596. The molecule has 0 aliphatic carbocycles. The van der Waals surface area contributed by atoms with Gasteiger partial charge in [-0.2, -0.15) is 0 Å². The fraction of sp³-hybridized carbons (Fsp3) is 0. The predicted molar refractivity (Wildman–Crippen MR) is 45.8 cm³/mol. The van der Waals surface area contributed by atoms with E-state index in [2.05, 4.69) is 11.1 Å². The van der Waals surface area contributed by atoms with Crippen LogP contribution in [0.5, 0.6) is 0 Å². The molecule has 1 aromatic carbocycles. The normalized spacial score (nSPS) is 10.1. The van der Waals surface area contributed by atoms with Gasteiger partial charge in [-0.15, -0.1) is 0 Å². The van der Waals surface area contributed by atoms with Crippen LogP contribution in [0.3, 0.4) is 0 Å². The van der Waals surface area contributed by atoms with Crippen LogP contribution < -0.4 is 0 Å². The maximum atomic E-state index is 5.67. The summed E-state index contributed by atoms with van der Waals surface area (Å²) in [6, 6.07) is 8.26. The summed E-state index contributed by atoms with van der Waals surface area (Å²) >= 11 is 5.67. The SMILES string of the molecule is Clc1[c]cc(-c2cnco2)cc1.